The smallest absolute Gasteiger partial charge is 0.226 e. The van der Waals surface area contributed by atoms with Crippen LogP contribution in [0.1, 0.15) is 25.1 Å². The molecular formula is C15H24N6O. The Labute approximate surface area is 130 Å². The van der Waals surface area contributed by atoms with Gasteiger partial charge >= 0.3 is 0 Å². The van der Waals surface area contributed by atoms with E-state index in [1.807, 2.05) is 30.1 Å². The third kappa shape index (κ3) is 3.72. The Balaban J connectivity index is 1.45. The topological polar surface area (TPSA) is 63.2 Å². The van der Waals surface area contributed by atoms with Crippen molar-refractivity contribution in [2.45, 2.75) is 38.9 Å². The highest BCUT2D eigenvalue weighted by Crippen LogP contribution is 2.16. The molecule has 22 heavy (non-hydrogen) atoms. The van der Waals surface area contributed by atoms with E-state index in [0.29, 0.717) is 6.04 Å². The predicted octanol–water partition coefficient (Wildman–Crippen LogP) is 1.03. The zero-order valence-corrected chi connectivity index (χ0v) is 13.4. The number of hydrogen-bond acceptors (Lipinski definition) is 6. The molecule has 0 aromatic carbocycles. The Kier molecular flexibility index (Phi) is 4.84. The van der Waals surface area contributed by atoms with Crippen molar-refractivity contribution >= 4 is 0 Å². The quantitative estimate of drug-likeness (QED) is 0.761. The SMILES string of the molecule is CCc1nc(CN(C)[C@H]2CCN(CCn3cccn3)C2)no1. The van der Waals surface area contributed by atoms with E-state index in [9.17, 15) is 0 Å². The van der Waals surface area contributed by atoms with E-state index in [-0.39, 0.29) is 0 Å². The van der Waals surface area contributed by atoms with Crippen LogP contribution in [0.3, 0.4) is 0 Å². The fourth-order valence-corrected chi connectivity index (χ4v) is 2.90. The number of aryl methyl sites for hydroxylation is 1. The Bertz CT molecular complexity index is 566. The van der Waals surface area contributed by atoms with Crippen molar-refractivity contribution in [1.29, 1.82) is 0 Å². The lowest BCUT2D eigenvalue weighted by Crippen LogP contribution is -2.35. The van der Waals surface area contributed by atoms with E-state index >= 15 is 0 Å². The molecular weight excluding hydrogens is 280 g/mol. The molecule has 120 valence electrons. The van der Waals surface area contributed by atoms with Crippen molar-refractivity contribution in [2.75, 3.05) is 26.7 Å². The van der Waals surface area contributed by atoms with Crippen LogP contribution in [-0.2, 0) is 19.5 Å². The van der Waals surface area contributed by atoms with Gasteiger partial charge in [-0.25, -0.2) is 0 Å². The molecule has 1 atom stereocenters. The van der Waals surface area contributed by atoms with Crippen LogP contribution in [0.2, 0.25) is 0 Å². The first-order chi connectivity index (χ1) is 10.7. The summed E-state index contributed by atoms with van der Waals surface area (Å²) in [5.41, 5.74) is 0. The zero-order valence-electron chi connectivity index (χ0n) is 13.4. The third-order valence-electron chi connectivity index (χ3n) is 4.28. The normalized spacial score (nSPS) is 19.3. The number of nitrogens with zero attached hydrogens (tertiary/aromatic N) is 6. The standard InChI is InChI=1S/C15H24N6O/c1-3-15-17-14(18-22-15)12-19(2)13-5-8-20(11-13)9-10-21-7-4-6-16-21/h4,6-7,13H,3,5,8-12H2,1-2H3/t13-/m0/s1. The minimum absolute atomic E-state index is 0.557. The molecule has 0 bridgehead atoms. The molecule has 1 saturated heterocycles. The highest BCUT2D eigenvalue weighted by atomic mass is 16.5. The van der Waals surface area contributed by atoms with Crippen LogP contribution >= 0.6 is 0 Å². The van der Waals surface area contributed by atoms with Crippen LogP contribution in [0.5, 0.6) is 0 Å². The second-order valence-corrected chi connectivity index (χ2v) is 5.89. The summed E-state index contributed by atoms with van der Waals surface area (Å²) in [4.78, 5) is 9.21. The van der Waals surface area contributed by atoms with Crippen molar-refractivity contribution in [3.63, 3.8) is 0 Å². The van der Waals surface area contributed by atoms with Gasteiger partial charge in [0.2, 0.25) is 5.89 Å². The van der Waals surface area contributed by atoms with Crippen molar-refractivity contribution < 1.29 is 4.52 Å². The maximum Gasteiger partial charge on any atom is 0.226 e. The first kappa shape index (κ1) is 15.2. The summed E-state index contributed by atoms with van der Waals surface area (Å²) < 4.78 is 7.16. The van der Waals surface area contributed by atoms with Gasteiger partial charge in [0, 0.05) is 37.9 Å². The van der Waals surface area contributed by atoms with Gasteiger partial charge in [-0.15, -0.1) is 0 Å². The molecule has 0 saturated carbocycles. The van der Waals surface area contributed by atoms with Crippen LogP contribution in [0.15, 0.2) is 23.0 Å². The third-order valence-corrected chi connectivity index (χ3v) is 4.28. The first-order valence-corrected chi connectivity index (χ1v) is 7.96. The van der Waals surface area contributed by atoms with Gasteiger partial charge in [-0.3, -0.25) is 14.5 Å². The van der Waals surface area contributed by atoms with Crippen LogP contribution < -0.4 is 0 Å². The summed E-state index contributed by atoms with van der Waals surface area (Å²) >= 11 is 0. The Morgan fingerprint density at radius 1 is 1.41 bits per heavy atom. The molecule has 1 aliphatic rings. The lowest BCUT2D eigenvalue weighted by Gasteiger charge is -2.23. The summed E-state index contributed by atoms with van der Waals surface area (Å²) in [6, 6.07) is 2.52. The maximum atomic E-state index is 5.17. The maximum absolute atomic E-state index is 5.17. The van der Waals surface area contributed by atoms with Crippen molar-refractivity contribution in [1.82, 2.24) is 29.7 Å². The molecule has 3 heterocycles. The summed E-state index contributed by atoms with van der Waals surface area (Å²) in [6.07, 6.45) is 5.83. The largest absolute Gasteiger partial charge is 0.339 e. The van der Waals surface area contributed by atoms with E-state index < -0.39 is 0 Å². The fourth-order valence-electron chi connectivity index (χ4n) is 2.90. The molecule has 0 spiro atoms. The molecule has 3 rings (SSSR count). The van der Waals surface area contributed by atoms with Gasteiger partial charge in [0.15, 0.2) is 5.82 Å². The van der Waals surface area contributed by atoms with E-state index in [4.69, 9.17) is 4.52 Å². The Hall–Kier alpha value is -1.73. The van der Waals surface area contributed by atoms with Gasteiger partial charge in [-0.2, -0.15) is 10.1 Å². The number of likely N-dealkylation sites (tertiary alicyclic amines) is 1. The van der Waals surface area contributed by atoms with Crippen molar-refractivity contribution in [2.24, 2.45) is 0 Å². The molecule has 0 radical (unpaired) electrons. The molecule has 1 aliphatic heterocycles. The lowest BCUT2D eigenvalue weighted by molar-refractivity contribution is 0.215. The Morgan fingerprint density at radius 2 is 2.32 bits per heavy atom. The highest BCUT2D eigenvalue weighted by Gasteiger charge is 2.26. The molecule has 0 aliphatic carbocycles. The van der Waals surface area contributed by atoms with E-state index in [2.05, 4.69) is 32.1 Å². The highest BCUT2D eigenvalue weighted by molar-refractivity contribution is 4.89. The zero-order chi connectivity index (χ0) is 15.4. The minimum Gasteiger partial charge on any atom is -0.339 e. The van der Waals surface area contributed by atoms with Crippen LogP contribution in [0.25, 0.3) is 0 Å². The molecule has 0 unspecified atom stereocenters. The van der Waals surface area contributed by atoms with E-state index in [0.717, 1.165) is 50.9 Å². The number of hydrogen-bond donors (Lipinski definition) is 0. The number of likely N-dealkylation sites (N-methyl/N-ethyl adjacent to an activating group) is 1. The Morgan fingerprint density at radius 3 is 3.05 bits per heavy atom. The summed E-state index contributed by atoms with van der Waals surface area (Å²) in [5, 5.41) is 8.28. The lowest BCUT2D eigenvalue weighted by atomic mass is 10.2. The molecule has 2 aromatic rings. The van der Waals surface area contributed by atoms with Crippen molar-refractivity contribution in [3.8, 4) is 0 Å². The summed E-state index contributed by atoms with van der Waals surface area (Å²) in [7, 11) is 2.14. The molecule has 0 amide bonds. The average Bonchev–Trinajstić information content (AvgIpc) is 3.26. The van der Waals surface area contributed by atoms with Crippen LogP contribution in [-0.4, -0.2) is 62.4 Å². The average molecular weight is 304 g/mol. The van der Waals surface area contributed by atoms with Gasteiger partial charge in [0.25, 0.3) is 0 Å². The van der Waals surface area contributed by atoms with E-state index in [1.165, 1.54) is 6.42 Å². The fraction of sp³-hybridized carbons (Fsp3) is 0.667. The molecule has 7 heteroatoms. The van der Waals surface area contributed by atoms with E-state index in [1.54, 1.807) is 0 Å². The first-order valence-electron chi connectivity index (χ1n) is 7.96. The van der Waals surface area contributed by atoms with Gasteiger partial charge in [-0.05, 0) is 26.1 Å². The molecule has 2 aromatic heterocycles. The minimum atomic E-state index is 0.557. The van der Waals surface area contributed by atoms with Crippen LogP contribution in [0, 0.1) is 0 Å². The monoisotopic (exact) mass is 304 g/mol. The van der Waals surface area contributed by atoms with Gasteiger partial charge in [-0.1, -0.05) is 12.1 Å². The van der Waals surface area contributed by atoms with Gasteiger partial charge in [0.1, 0.15) is 0 Å². The molecule has 7 nitrogen and oxygen atoms in total. The van der Waals surface area contributed by atoms with Crippen LogP contribution in [0.4, 0.5) is 0 Å². The summed E-state index contributed by atoms with van der Waals surface area (Å²) in [6.45, 7) is 7.01. The number of rotatable bonds is 7. The van der Waals surface area contributed by atoms with Gasteiger partial charge < -0.3 is 4.52 Å². The predicted molar refractivity (Wildman–Crippen MR) is 82.2 cm³/mol. The van der Waals surface area contributed by atoms with Crippen molar-refractivity contribution in [3.05, 3.63) is 30.2 Å². The second kappa shape index (κ2) is 7.02. The second-order valence-electron chi connectivity index (χ2n) is 5.89. The summed E-state index contributed by atoms with van der Waals surface area (Å²) in [5.74, 6) is 1.50. The van der Waals surface area contributed by atoms with Gasteiger partial charge in [0.05, 0.1) is 13.1 Å². The molecule has 0 N–H and O–H groups in total. The molecule has 1 fully saturated rings. The number of aromatic nitrogens is 4.